The number of aliphatic hydroxyl groups excluding tert-OH is 1. The first kappa shape index (κ1) is 11.7. The zero-order chi connectivity index (χ0) is 9.40. The monoisotopic (exact) mass is 221 g/mol. The number of carboxylic acid groups (broad SMARTS) is 1. The van der Waals surface area contributed by atoms with Crippen molar-refractivity contribution in [3.05, 3.63) is 0 Å². The molecular weight excluding hydrogens is 207 g/mol. The summed E-state index contributed by atoms with van der Waals surface area (Å²) in [5.74, 6) is -0.903. The Labute approximate surface area is 75.5 Å². The van der Waals surface area contributed by atoms with Gasteiger partial charge in [-0.05, 0) is 0 Å². The fraction of sp³-hybridized carbons (Fsp3) is 0.857. The molecule has 0 amide bonds. The maximum absolute atomic E-state index is 11.0. The maximum atomic E-state index is 11.0. The summed E-state index contributed by atoms with van der Waals surface area (Å²) in [5, 5.41) is 17.5. The second-order valence-electron chi connectivity index (χ2n) is 2.27. The molecule has 0 spiro atoms. The summed E-state index contributed by atoms with van der Waals surface area (Å²) in [6.45, 7) is 0.113. The Balaban J connectivity index is 3.28. The van der Waals surface area contributed by atoms with Gasteiger partial charge in [0.1, 0.15) is 0 Å². The number of hydrogen-bond donors (Lipinski definition) is 2. The van der Waals surface area contributed by atoms with Gasteiger partial charge in [-0.3, -0.25) is 0 Å². The van der Waals surface area contributed by atoms with E-state index in [9.17, 15) is 8.66 Å². The van der Waals surface area contributed by atoms with Crippen molar-refractivity contribution in [2.75, 3.05) is 6.61 Å². The zero-order valence-corrected chi connectivity index (χ0v) is 7.83. The van der Waals surface area contributed by atoms with Crippen LogP contribution in [0.5, 0.6) is 0 Å². The second kappa shape index (κ2) is 7.39. The van der Waals surface area contributed by atoms with Gasteiger partial charge in [-0.2, -0.15) is 0 Å². The van der Waals surface area contributed by atoms with E-state index in [4.69, 9.17) is 10.2 Å². The first-order valence-electron chi connectivity index (χ1n) is 3.70. The molecule has 0 aliphatic carbocycles. The van der Waals surface area contributed by atoms with Crippen molar-refractivity contribution in [3.8, 4) is 0 Å². The number of carbonyl (C=O) groups is 1. The Morgan fingerprint density at radius 2 is 1.92 bits per heavy atom. The van der Waals surface area contributed by atoms with Crippen molar-refractivity contribution in [1.82, 2.24) is 0 Å². The molecule has 0 aromatic heterocycles. The van der Waals surface area contributed by atoms with Gasteiger partial charge in [-0.25, -0.2) is 0 Å². The molecule has 2 N–H and O–H groups in total. The van der Waals surface area contributed by atoms with E-state index < -0.39 is 19.6 Å². The predicted molar refractivity (Wildman–Crippen MR) is 38.9 cm³/mol. The van der Waals surface area contributed by atoms with Gasteiger partial charge in [0.25, 0.3) is 0 Å². The summed E-state index contributed by atoms with van der Waals surface area (Å²) in [5.41, 5.74) is 0. The Morgan fingerprint density at radius 1 is 1.25 bits per heavy atom. The molecule has 0 aliphatic heterocycles. The van der Waals surface area contributed by atoms with Crippen LogP contribution >= 0.6 is 0 Å². The molecular formula is C7H14CoO4. The van der Waals surface area contributed by atoms with Gasteiger partial charge in [-0.1, -0.05) is 0 Å². The number of rotatable bonds is 7. The SMILES string of the molecule is O=C(O)C[CH2][Co](=[O])[CH2]CCCO. The van der Waals surface area contributed by atoms with Gasteiger partial charge in [-0.15, -0.1) is 0 Å². The van der Waals surface area contributed by atoms with Crippen molar-refractivity contribution in [1.29, 1.82) is 0 Å². The molecule has 0 radical (unpaired) electrons. The first-order chi connectivity index (χ1) is 5.66. The third-order valence-corrected chi connectivity index (χ3v) is 2.98. The average Bonchev–Trinajstić information content (AvgIpc) is 2.01. The third kappa shape index (κ3) is 7.84. The molecule has 0 saturated heterocycles. The van der Waals surface area contributed by atoms with Crippen molar-refractivity contribution in [2.24, 2.45) is 0 Å². The van der Waals surface area contributed by atoms with Crippen LogP contribution in [0.1, 0.15) is 19.3 Å². The summed E-state index contributed by atoms with van der Waals surface area (Å²) < 4.78 is 11.0. The molecule has 0 fully saturated rings. The number of aliphatic carboxylic acids is 1. The van der Waals surface area contributed by atoms with Crippen LogP contribution in [-0.2, 0) is 22.2 Å². The summed E-state index contributed by atoms with van der Waals surface area (Å²) in [6, 6.07) is 0. The van der Waals surface area contributed by atoms with Gasteiger partial charge in [0.05, 0.1) is 0 Å². The van der Waals surface area contributed by atoms with Crippen molar-refractivity contribution in [2.45, 2.75) is 30.0 Å². The Morgan fingerprint density at radius 3 is 2.42 bits per heavy atom. The van der Waals surface area contributed by atoms with Crippen LogP contribution in [0.25, 0.3) is 0 Å². The molecule has 4 nitrogen and oxygen atoms in total. The third-order valence-electron chi connectivity index (χ3n) is 1.19. The molecule has 12 heavy (non-hydrogen) atoms. The fourth-order valence-corrected chi connectivity index (χ4v) is 2.02. The average molecular weight is 221 g/mol. The number of hydrogen-bond acceptors (Lipinski definition) is 3. The molecule has 0 atom stereocenters. The van der Waals surface area contributed by atoms with Gasteiger partial charge in [0.2, 0.25) is 0 Å². The van der Waals surface area contributed by atoms with E-state index in [-0.39, 0.29) is 18.4 Å². The minimum absolute atomic E-state index is 0.0205. The molecule has 0 aromatic rings. The molecule has 0 aromatic carbocycles. The van der Waals surface area contributed by atoms with Crippen LogP contribution in [0, 0.1) is 0 Å². The number of aliphatic hydroxyl groups is 1. The molecule has 0 heterocycles. The summed E-state index contributed by atoms with van der Waals surface area (Å²) in [7, 11) is 0. The summed E-state index contributed by atoms with van der Waals surface area (Å²) >= 11 is -1.35. The quantitative estimate of drug-likeness (QED) is 0.629. The van der Waals surface area contributed by atoms with Crippen LogP contribution in [0.4, 0.5) is 0 Å². The normalized spacial score (nSPS) is 11.2. The van der Waals surface area contributed by atoms with Crippen LogP contribution in [0.3, 0.4) is 0 Å². The summed E-state index contributed by atoms with van der Waals surface area (Å²) in [4.78, 5) is 10.1. The Kier molecular flexibility index (Phi) is 7.23. The zero-order valence-electron chi connectivity index (χ0n) is 6.79. The van der Waals surface area contributed by atoms with Crippen molar-refractivity contribution in [3.63, 3.8) is 0 Å². The van der Waals surface area contributed by atoms with Crippen LogP contribution in [0.15, 0.2) is 0 Å². The van der Waals surface area contributed by atoms with Crippen LogP contribution in [0.2, 0.25) is 10.7 Å². The van der Waals surface area contributed by atoms with Crippen molar-refractivity contribution >= 4 is 5.97 Å². The molecule has 0 unspecified atom stereocenters. The molecule has 75 valence electrons. The van der Waals surface area contributed by atoms with Gasteiger partial charge < -0.3 is 0 Å². The Bertz CT molecular complexity index is 157. The van der Waals surface area contributed by atoms with Crippen molar-refractivity contribution < 1.29 is 32.5 Å². The van der Waals surface area contributed by atoms with Gasteiger partial charge >= 0.3 is 75.0 Å². The van der Waals surface area contributed by atoms with E-state index in [2.05, 4.69) is 0 Å². The topological polar surface area (TPSA) is 74.6 Å². The van der Waals surface area contributed by atoms with E-state index in [1.807, 2.05) is 0 Å². The molecule has 0 aliphatic rings. The number of carboxylic acids is 1. The fourth-order valence-electron chi connectivity index (χ4n) is 0.574. The van der Waals surface area contributed by atoms with Crippen LogP contribution < -0.4 is 0 Å². The van der Waals surface area contributed by atoms with Gasteiger partial charge in [0.15, 0.2) is 0 Å². The standard InChI is InChI=1S/C4H9O.C3H5O2.Co.O/c1-2-3-4-5;1-2-3(4)5;;/h5H,1-4H2;1-2H2,(H,4,5);;. The van der Waals surface area contributed by atoms with Gasteiger partial charge in [0, 0.05) is 0 Å². The van der Waals surface area contributed by atoms with E-state index in [1.54, 1.807) is 0 Å². The van der Waals surface area contributed by atoms with E-state index in [0.29, 0.717) is 18.2 Å². The second-order valence-corrected chi connectivity index (χ2v) is 4.43. The summed E-state index contributed by atoms with van der Waals surface area (Å²) in [6.07, 6.45) is 1.34. The van der Waals surface area contributed by atoms with E-state index >= 15 is 0 Å². The molecule has 5 heteroatoms. The predicted octanol–water partition coefficient (Wildman–Crippen LogP) is 1.03. The molecule has 0 rings (SSSR count). The first-order valence-corrected chi connectivity index (χ1v) is 5.60. The minimum atomic E-state index is -1.35. The Hall–Kier alpha value is -0.264. The number of unbranched alkanes of at least 4 members (excludes halogenated alkanes) is 1. The molecule has 0 bridgehead atoms. The van der Waals surface area contributed by atoms with Crippen LogP contribution in [-0.4, -0.2) is 22.8 Å². The molecule has 0 saturated carbocycles. The van der Waals surface area contributed by atoms with E-state index in [1.165, 1.54) is 0 Å². The van der Waals surface area contributed by atoms with E-state index in [0.717, 1.165) is 0 Å².